The first kappa shape index (κ1) is 17.7. The third kappa shape index (κ3) is 4.31. The van der Waals surface area contributed by atoms with E-state index in [4.69, 9.17) is 0 Å². The molecule has 0 saturated heterocycles. The van der Waals surface area contributed by atoms with Gasteiger partial charge in [0, 0.05) is 6.54 Å². The summed E-state index contributed by atoms with van der Waals surface area (Å²) in [5.41, 5.74) is -5.86. The molecule has 0 aliphatic carbocycles. The standard InChI is InChI=1S/C12H15F4NO3S/c1-2-9(18)5-6-17-10-4-3-8(13)7-11(10)21(19,20)12(14,15)16/h3-4,7,9,17-18H,2,5-6H2,1H3. The molecule has 2 N–H and O–H groups in total. The molecule has 0 aliphatic rings. The zero-order valence-corrected chi connectivity index (χ0v) is 11.9. The van der Waals surface area contributed by atoms with Crippen LogP contribution in [0.5, 0.6) is 0 Å². The summed E-state index contributed by atoms with van der Waals surface area (Å²) in [7, 11) is -5.65. The zero-order chi connectivity index (χ0) is 16.3. The quantitative estimate of drug-likeness (QED) is 0.788. The maximum atomic E-state index is 13.1. The van der Waals surface area contributed by atoms with E-state index in [1.807, 2.05) is 0 Å². The summed E-state index contributed by atoms with van der Waals surface area (Å²) < 4.78 is 73.5. The molecule has 1 unspecified atom stereocenters. The minimum absolute atomic E-state index is 0.0566. The predicted octanol–water partition coefficient (Wildman–Crippen LogP) is 2.69. The van der Waals surface area contributed by atoms with Gasteiger partial charge in [-0.3, -0.25) is 0 Å². The van der Waals surface area contributed by atoms with Gasteiger partial charge in [0.1, 0.15) is 10.7 Å². The average molecular weight is 329 g/mol. The first-order valence-corrected chi connectivity index (χ1v) is 7.60. The number of aliphatic hydroxyl groups excluding tert-OH is 1. The molecular weight excluding hydrogens is 314 g/mol. The maximum Gasteiger partial charge on any atom is 0.501 e. The van der Waals surface area contributed by atoms with Gasteiger partial charge in [-0.05, 0) is 31.0 Å². The van der Waals surface area contributed by atoms with Crippen molar-refractivity contribution in [3.8, 4) is 0 Å². The highest BCUT2D eigenvalue weighted by atomic mass is 32.2. The van der Waals surface area contributed by atoms with Crippen LogP contribution in [0.15, 0.2) is 23.1 Å². The van der Waals surface area contributed by atoms with Gasteiger partial charge in [0.2, 0.25) is 0 Å². The Labute approximate surface area is 119 Å². The van der Waals surface area contributed by atoms with Crippen molar-refractivity contribution in [1.82, 2.24) is 0 Å². The Morgan fingerprint density at radius 2 is 1.95 bits per heavy atom. The predicted molar refractivity (Wildman–Crippen MR) is 69.0 cm³/mol. The van der Waals surface area contributed by atoms with Crippen LogP contribution < -0.4 is 5.32 Å². The van der Waals surface area contributed by atoms with Gasteiger partial charge in [0.05, 0.1) is 11.8 Å². The molecule has 0 amide bonds. The molecule has 0 fully saturated rings. The highest BCUT2D eigenvalue weighted by molar-refractivity contribution is 7.92. The van der Waals surface area contributed by atoms with Crippen LogP contribution in [0.2, 0.25) is 0 Å². The van der Waals surface area contributed by atoms with Gasteiger partial charge >= 0.3 is 5.51 Å². The van der Waals surface area contributed by atoms with E-state index >= 15 is 0 Å². The van der Waals surface area contributed by atoms with Gasteiger partial charge < -0.3 is 10.4 Å². The number of sulfone groups is 1. The van der Waals surface area contributed by atoms with E-state index < -0.39 is 32.2 Å². The van der Waals surface area contributed by atoms with Gasteiger partial charge in [-0.2, -0.15) is 13.2 Å². The molecule has 0 saturated carbocycles. The average Bonchev–Trinajstić information content (AvgIpc) is 2.38. The summed E-state index contributed by atoms with van der Waals surface area (Å²) >= 11 is 0. The van der Waals surface area contributed by atoms with E-state index in [-0.39, 0.29) is 18.7 Å². The second kappa shape index (κ2) is 6.61. The van der Waals surface area contributed by atoms with Gasteiger partial charge in [-0.25, -0.2) is 12.8 Å². The Morgan fingerprint density at radius 3 is 2.48 bits per heavy atom. The second-order valence-electron chi connectivity index (χ2n) is 4.37. The normalized spacial score (nSPS) is 14.0. The lowest BCUT2D eigenvalue weighted by Gasteiger charge is -2.15. The van der Waals surface area contributed by atoms with Crippen molar-refractivity contribution in [2.75, 3.05) is 11.9 Å². The van der Waals surface area contributed by atoms with Gasteiger partial charge in [-0.15, -0.1) is 0 Å². The Morgan fingerprint density at radius 1 is 1.33 bits per heavy atom. The van der Waals surface area contributed by atoms with Crippen LogP contribution >= 0.6 is 0 Å². The van der Waals surface area contributed by atoms with Gasteiger partial charge in [-0.1, -0.05) is 6.92 Å². The molecule has 1 aromatic carbocycles. The monoisotopic (exact) mass is 329 g/mol. The first-order valence-electron chi connectivity index (χ1n) is 6.12. The van der Waals surface area contributed by atoms with E-state index in [1.54, 1.807) is 6.92 Å². The van der Waals surface area contributed by atoms with Gasteiger partial charge in [0.25, 0.3) is 9.84 Å². The van der Waals surface area contributed by atoms with E-state index in [0.29, 0.717) is 12.5 Å². The number of nitrogens with one attached hydrogen (secondary N) is 1. The molecule has 0 aliphatic heterocycles. The lowest BCUT2D eigenvalue weighted by molar-refractivity contribution is -0.0435. The summed E-state index contributed by atoms with van der Waals surface area (Å²) in [4.78, 5) is -1.17. The molecule has 1 aromatic rings. The number of benzene rings is 1. The van der Waals surface area contributed by atoms with Crippen molar-refractivity contribution in [2.24, 2.45) is 0 Å². The van der Waals surface area contributed by atoms with Crippen LogP contribution in [0.25, 0.3) is 0 Å². The lowest BCUT2D eigenvalue weighted by Crippen LogP contribution is -2.25. The Balaban J connectivity index is 3.07. The van der Waals surface area contributed by atoms with E-state index in [9.17, 15) is 31.1 Å². The third-order valence-electron chi connectivity index (χ3n) is 2.80. The summed E-state index contributed by atoms with van der Waals surface area (Å²) in [6, 6.07) is 2.10. The summed E-state index contributed by atoms with van der Waals surface area (Å²) in [6.07, 6.45) is 0.0266. The highest BCUT2D eigenvalue weighted by Gasteiger charge is 2.48. The molecule has 1 rings (SSSR count). The molecule has 0 heterocycles. The smallest absolute Gasteiger partial charge is 0.393 e. The molecule has 0 radical (unpaired) electrons. The van der Waals surface area contributed by atoms with Crippen molar-refractivity contribution in [2.45, 2.75) is 36.3 Å². The van der Waals surface area contributed by atoms with Crippen molar-refractivity contribution < 1.29 is 31.1 Å². The van der Waals surface area contributed by atoms with Crippen LogP contribution in [-0.4, -0.2) is 31.7 Å². The Hall–Kier alpha value is -1.35. The number of hydrogen-bond donors (Lipinski definition) is 2. The summed E-state index contributed by atoms with van der Waals surface area (Å²) in [5, 5.41) is 11.8. The zero-order valence-electron chi connectivity index (χ0n) is 11.1. The lowest BCUT2D eigenvalue weighted by atomic mass is 10.2. The fourth-order valence-corrected chi connectivity index (χ4v) is 2.51. The molecular formula is C12H15F4NO3S. The second-order valence-corrected chi connectivity index (χ2v) is 6.28. The molecule has 1 atom stereocenters. The largest absolute Gasteiger partial charge is 0.501 e. The molecule has 21 heavy (non-hydrogen) atoms. The van der Waals surface area contributed by atoms with Crippen molar-refractivity contribution in [3.63, 3.8) is 0 Å². The topological polar surface area (TPSA) is 66.4 Å². The van der Waals surface area contributed by atoms with E-state index in [0.717, 1.165) is 12.1 Å². The Kier molecular flexibility index (Phi) is 5.57. The van der Waals surface area contributed by atoms with Crippen molar-refractivity contribution in [1.29, 1.82) is 0 Å². The molecule has 4 nitrogen and oxygen atoms in total. The number of anilines is 1. The third-order valence-corrected chi connectivity index (χ3v) is 4.33. The summed E-state index contributed by atoms with van der Waals surface area (Å²) in [5.74, 6) is -1.09. The highest BCUT2D eigenvalue weighted by Crippen LogP contribution is 2.34. The summed E-state index contributed by atoms with van der Waals surface area (Å²) in [6.45, 7) is 1.78. The minimum atomic E-state index is -5.65. The van der Waals surface area contributed by atoms with Crippen molar-refractivity contribution >= 4 is 15.5 Å². The van der Waals surface area contributed by atoms with E-state index in [1.165, 1.54) is 0 Å². The molecule has 0 aromatic heterocycles. The van der Waals surface area contributed by atoms with Gasteiger partial charge in [0.15, 0.2) is 0 Å². The number of rotatable bonds is 6. The number of halogens is 4. The Bertz CT molecular complexity index is 587. The van der Waals surface area contributed by atoms with Crippen LogP contribution in [0.1, 0.15) is 19.8 Å². The SMILES string of the molecule is CCC(O)CCNc1ccc(F)cc1S(=O)(=O)C(F)(F)F. The molecule has 0 spiro atoms. The first-order chi connectivity index (χ1) is 9.59. The van der Waals surface area contributed by atoms with Crippen LogP contribution in [-0.2, 0) is 9.84 Å². The number of aliphatic hydroxyl groups is 1. The molecule has 0 bridgehead atoms. The number of alkyl halides is 3. The van der Waals surface area contributed by atoms with Crippen molar-refractivity contribution in [3.05, 3.63) is 24.0 Å². The van der Waals surface area contributed by atoms with E-state index in [2.05, 4.69) is 5.32 Å². The fourth-order valence-electron chi connectivity index (χ4n) is 1.57. The van der Waals surface area contributed by atoms with Crippen LogP contribution in [0.4, 0.5) is 23.2 Å². The fraction of sp³-hybridized carbons (Fsp3) is 0.500. The number of hydrogen-bond acceptors (Lipinski definition) is 4. The molecule has 9 heteroatoms. The minimum Gasteiger partial charge on any atom is -0.393 e. The molecule has 120 valence electrons. The maximum absolute atomic E-state index is 13.1. The van der Waals surface area contributed by atoms with Crippen LogP contribution in [0, 0.1) is 5.82 Å². The van der Waals surface area contributed by atoms with Crippen LogP contribution in [0.3, 0.4) is 0 Å².